The summed E-state index contributed by atoms with van der Waals surface area (Å²) in [6, 6.07) is 8.08. The summed E-state index contributed by atoms with van der Waals surface area (Å²) in [5.74, 6) is -0.319. The van der Waals surface area contributed by atoms with E-state index < -0.39 is 5.97 Å². The molecule has 0 spiro atoms. The van der Waals surface area contributed by atoms with Gasteiger partial charge in [0.05, 0.1) is 12.7 Å². The first kappa shape index (κ1) is 17.4. The third-order valence-corrected chi connectivity index (χ3v) is 3.46. The van der Waals surface area contributed by atoms with Gasteiger partial charge in [-0.3, -0.25) is 4.79 Å². The van der Waals surface area contributed by atoms with E-state index >= 15 is 0 Å². The highest BCUT2D eigenvalue weighted by molar-refractivity contribution is 6.03. The van der Waals surface area contributed by atoms with Crippen LogP contribution in [0.15, 0.2) is 36.5 Å². The molecule has 24 heavy (non-hydrogen) atoms. The third kappa shape index (κ3) is 4.07. The molecule has 1 N–H and O–H groups in total. The molecule has 1 aromatic carbocycles. The average Bonchev–Trinajstić information content (AvgIpc) is 2.62. The van der Waals surface area contributed by atoms with Crippen LogP contribution in [0.5, 0.6) is 0 Å². The van der Waals surface area contributed by atoms with Gasteiger partial charge in [-0.1, -0.05) is 6.07 Å². The van der Waals surface area contributed by atoms with Crippen LogP contribution >= 0.6 is 0 Å². The molecule has 0 aliphatic rings. The molecule has 0 unspecified atom stereocenters. The van der Waals surface area contributed by atoms with Crippen LogP contribution in [-0.4, -0.2) is 42.0 Å². The van der Waals surface area contributed by atoms with Crippen molar-refractivity contribution >= 4 is 23.5 Å². The fourth-order valence-corrected chi connectivity index (χ4v) is 2.17. The molecule has 2 aromatic rings. The minimum absolute atomic E-state index is 0.260. The molecule has 7 nitrogen and oxygen atoms in total. The van der Waals surface area contributed by atoms with E-state index in [0.717, 1.165) is 13.1 Å². The topological polar surface area (TPSA) is 84.4 Å². The minimum Gasteiger partial charge on any atom is -0.465 e. The maximum atomic E-state index is 12.4. The zero-order valence-corrected chi connectivity index (χ0v) is 13.9. The van der Waals surface area contributed by atoms with Crippen LogP contribution in [0, 0.1) is 0 Å². The second kappa shape index (κ2) is 8.05. The molecule has 1 amide bonds. The van der Waals surface area contributed by atoms with Crippen molar-refractivity contribution in [1.82, 2.24) is 9.97 Å². The van der Waals surface area contributed by atoms with Gasteiger partial charge in [-0.05, 0) is 38.1 Å². The first-order valence-electron chi connectivity index (χ1n) is 7.66. The van der Waals surface area contributed by atoms with E-state index in [4.69, 9.17) is 0 Å². The highest BCUT2D eigenvalue weighted by Gasteiger charge is 2.13. The van der Waals surface area contributed by atoms with Crippen molar-refractivity contribution in [2.45, 2.75) is 13.8 Å². The molecule has 0 saturated carbocycles. The van der Waals surface area contributed by atoms with E-state index in [0.29, 0.717) is 17.2 Å². The van der Waals surface area contributed by atoms with E-state index in [9.17, 15) is 9.59 Å². The quantitative estimate of drug-likeness (QED) is 0.820. The van der Waals surface area contributed by atoms with Crippen LogP contribution in [0.3, 0.4) is 0 Å². The lowest BCUT2D eigenvalue weighted by Gasteiger charge is -2.18. The van der Waals surface area contributed by atoms with Crippen LogP contribution < -0.4 is 10.2 Å². The Balaban J connectivity index is 2.18. The molecule has 1 aromatic heterocycles. The van der Waals surface area contributed by atoms with E-state index in [1.807, 2.05) is 18.7 Å². The van der Waals surface area contributed by atoms with Crippen molar-refractivity contribution in [3.63, 3.8) is 0 Å². The smallest absolute Gasteiger partial charge is 0.337 e. The highest BCUT2D eigenvalue weighted by atomic mass is 16.5. The number of rotatable bonds is 6. The third-order valence-electron chi connectivity index (χ3n) is 3.46. The number of nitrogens with zero attached hydrogens (tertiary/aromatic N) is 3. The van der Waals surface area contributed by atoms with Gasteiger partial charge in [-0.25, -0.2) is 14.8 Å². The molecule has 0 fully saturated rings. The van der Waals surface area contributed by atoms with Gasteiger partial charge in [-0.2, -0.15) is 0 Å². The van der Waals surface area contributed by atoms with Crippen LogP contribution in [-0.2, 0) is 4.74 Å². The van der Waals surface area contributed by atoms with Crippen molar-refractivity contribution in [3.8, 4) is 0 Å². The predicted octanol–water partition coefficient (Wildman–Crippen LogP) is 2.36. The minimum atomic E-state index is -0.461. The fourth-order valence-electron chi connectivity index (χ4n) is 2.17. The zero-order valence-electron chi connectivity index (χ0n) is 13.9. The number of amides is 1. The number of hydrogen-bond donors (Lipinski definition) is 1. The molecule has 0 radical (unpaired) electrons. The Labute approximate surface area is 140 Å². The molecule has 0 aliphatic heterocycles. The lowest BCUT2D eigenvalue weighted by atomic mass is 10.2. The molecule has 2 rings (SSSR count). The number of benzene rings is 1. The summed E-state index contributed by atoms with van der Waals surface area (Å²) in [5.41, 5.74) is 1.11. The second-order valence-corrected chi connectivity index (χ2v) is 4.94. The van der Waals surface area contributed by atoms with Crippen molar-refractivity contribution in [2.75, 3.05) is 30.4 Å². The van der Waals surface area contributed by atoms with Crippen LogP contribution in [0.4, 0.5) is 11.6 Å². The van der Waals surface area contributed by atoms with Gasteiger partial charge in [0.15, 0.2) is 0 Å². The monoisotopic (exact) mass is 328 g/mol. The fraction of sp³-hybridized carbons (Fsp3) is 0.294. The molecular weight excluding hydrogens is 308 g/mol. The van der Waals surface area contributed by atoms with Crippen molar-refractivity contribution in [3.05, 3.63) is 47.8 Å². The lowest BCUT2D eigenvalue weighted by Crippen LogP contribution is -2.25. The standard InChI is InChI=1S/C17H20N4O3/c1-4-21(5-2)17-18-10-9-14(20-17)15(22)19-13-8-6-7-12(11-13)16(23)24-3/h6-11H,4-5H2,1-3H3,(H,19,22). The number of methoxy groups -OCH3 is 1. The first-order chi connectivity index (χ1) is 11.6. The van der Waals surface area contributed by atoms with Gasteiger partial charge in [-0.15, -0.1) is 0 Å². The second-order valence-electron chi connectivity index (χ2n) is 4.94. The van der Waals surface area contributed by atoms with Crippen molar-refractivity contribution < 1.29 is 14.3 Å². The van der Waals surface area contributed by atoms with E-state index in [1.165, 1.54) is 7.11 Å². The van der Waals surface area contributed by atoms with Crippen molar-refractivity contribution in [1.29, 1.82) is 0 Å². The number of hydrogen-bond acceptors (Lipinski definition) is 6. The number of nitrogens with one attached hydrogen (secondary N) is 1. The molecule has 0 aliphatic carbocycles. The molecule has 1 heterocycles. The number of carbonyl (C=O) groups excluding carboxylic acids is 2. The van der Waals surface area contributed by atoms with Gasteiger partial charge < -0.3 is 15.0 Å². The van der Waals surface area contributed by atoms with Gasteiger partial charge in [0, 0.05) is 25.0 Å². The van der Waals surface area contributed by atoms with Gasteiger partial charge in [0.1, 0.15) is 5.69 Å². The molecule has 0 saturated heterocycles. The molecular formula is C17H20N4O3. The Morgan fingerprint density at radius 3 is 2.62 bits per heavy atom. The number of esters is 1. The summed E-state index contributed by atoms with van der Waals surface area (Å²) in [7, 11) is 1.31. The summed E-state index contributed by atoms with van der Waals surface area (Å²) < 4.78 is 4.67. The predicted molar refractivity (Wildman–Crippen MR) is 91.3 cm³/mol. The Kier molecular flexibility index (Phi) is 5.83. The molecule has 126 valence electrons. The van der Waals surface area contributed by atoms with Crippen LogP contribution in [0.2, 0.25) is 0 Å². The van der Waals surface area contributed by atoms with Gasteiger partial charge in [0.25, 0.3) is 5.91 Å². The van der Waals surface area contributed by atoms with E-state index in [-0.39, 0.29) is 11.6 Å². The Morgan fingerprint density at radius 2 is 1.96 bits per heavy atom. The highest BCUT2D eigenvalue weighted by Crippen LogP contribution is 2.14. The summed E-state index contributed by atoms with van der Waals surface area (Å²) in [6.07, 6.45) is 1.56. The number of anilines is 2. The summed E-state index contributed by atoms with van der Waals surface area (Å²) in [5, 5.41) is 2.72. The van der Waals surface area contributed by atoms with Gasteiger partial charge in [0.2, 0.25) is 5.95 Å². The number of ether oxygens (including phenoxy) is 1. The Bertz CT molecular complexity index is 729. The normalized spacial score (nSPS) is 10.1. The summed E-state index contributed by atoms with van der Waals surface area (Å²) in [6.45, 7) is 5.50. The van der Waals surface area contributed by atoms with Crippen molar-refractivity contribution in [2.24, 2.45) is 0 Å². The number of carbonyl (C=O) groups is 2. The van der Waals surface area contributed by atoms with E-state index in [1.54, 1.807) is 36.5 Å². The van der Waals surface area contributed by atoms with Gasteiger partial charge >= 0.3 is 5.97 Å². The lowest BCUT2D eigenvalue weighted by molar-refractivity contribution is 0.0600. The molecule has 7 heteroatoms. The zero-order chi connectivity index (χ0) is 17.5. The van der Waals surface area contributed by atoms with Crippen LogP contribution in [0.25, 0.3) is 0 Å². The Hall–Kier alpha value is -2.96. The van der Waals surface area contributed by atoms with E-state index in [2.05, 4.69) is 20.0 Å². The van der Waals surface area contributed by atoms with Crippen LogP contribution in [0.1, 0.15) is 34.7 Å². The summed E-state index contributed by atoms with van der Waals surface area (Å²) in [4.78, 5) is 34.4. The number of aromatic nitrogens is 2. The first-order valence-corrected chi connectivity index (χ1v) is 7.66. The molecule has 0 bridgehead atoms. The molecule has 0 atom stereocenters. The maximum absolute atomic E-state index is 12.4. The summed E-state index contributed by atoms with van der Waals surface area (Å²) >= 11 is 0. The largest absolute Gasteiger partial charge is 0.465 e. The maximum Gasteiger partial charge on any atom is 0.337 e. The Morgan fingerprint density at radius 1 is 1.21 bits per heavy atom. The SMILES string of the molecule is CCN(CC)c1nccc(C(=O)Nc2cccc(C(=O)OC)c2)n1. The average molecular weight is 328 g/mol.